The summed E-state index contributed by atoms with van der Waals surface area (Å²) in [5, 5.41) is 0. The fourth-order valence-corrected chi connectivity index (χ4v) is 2.88. The molecular weight excluding hydrogens is 302 g/mol. The first-order valence-electron chi connectivity index (χ1n) is 8.27. The molecule has 0 N–H and O–H groups in total. The van der Waals surface area contributed by atoms with Crippen LogP contribution in [0.15, 0.2) is 47.5 Å². The summed E-state index contributed by atoms with van der Waals surface area (Å²) >= 11 is 0. The molecule has 0 atom stereocenters. The van der Waals surface area contributed by atoms with Crippen molar-refractivity contribution in [2.24, 2.45) is 4.99 Å². The molecule has 0 saturated heterocycles. The molecule has 126 valence electrons. The predicted octanol–water partition coefficient (Wildman–Crippen LogP) is 4.18. The van der Waals surface area contributed by atoms with E-state index in [0.717, 1.165) is 42.2 Å². The van der Waals surface area contributed by atoms with E-state index in [0.29, 0.717) is 13.2 Å². The van der Waals surface area contributed by atoms with Crippen LogP contribution in [0.5, 0.6) is 11.5 Å². The van der Waals surface area contributed by atoms with Gasteiger partial charge in [0.2, 0.25) is 0 Å². The maximum atomic E-state index is 5.74. The first-order valence-corrected chi connectivity index (χ1v) is 8.27. The second kappa shape index (κ2) is 7.97. The number of benzene rings is 2. The molecule has 1 aliphatic carbocycles. The Labute approximate surface area is 143 Å². The van der Waals surface area contributed by atoms with Crippen molar-refractivity contribution in [2.75, 3.05) is 27.4 Å². The zero-order valence-corrected chi connectivity index (χ0v) is 14.2. The van der Waals surface area contributed by atoms with Gasteiger partial charge >= 0.3 is 0 Å². The van der Waals surface area contributed by atoms with Crippen LogP contribution in [-0.2, 0) is 11.2 Å². The van der Waals surface area contributed by atoms with E-state index in [-0.39, 0.29) is 0 Å². The molecule has 4 nitrogen and oxygen atoms in total. The van der Waals surface area contributed by atoms with Crippen LogP contribution in [-0.4, -0.2) is 33.1 Å². The van der Waals surface area contributed by atoms with Crippen LogP contribution in [0.4, 0.5) is 5.69 Å². The summed E-state index contributed by atoms with van der Waals surface area (Å²) < 4.78 is 16.0. The molecule has 2 aromatic carbocycles. The van der Waals surface area contributed by atoms with Crippen LogP contribution in [0.1, 0.15) is 24.0 Å². The molecule has 0 radical (unpaired) electrons. The number of fused-ring (bicyclic) bond motifs is 1. The summed E-state index contributed by atoms with van der Waals surface area (Å²) in [7, 11) is 3.35. The summed E-state index contributed by atoms with van der Waals surface area (Å²) in [5.41, 5.74) is 4.61. The number of aliphatic imine (C=N–C) groups is 1. The van der Waals surface area contributed by atoms with E-state index >= 15 is 0 Å². The molecule has 0 amide bonds. The van der Waals surface area contributed by atoms with E-state index in [4.69, 9.17) is 19.2 Å². The molecule has 0 fully saturated rings. The lowest BCUT2D eigenvalue weighted by molar-refractivity contribution is 0.146. The van der Waals surface area contributed by atoms with E-state index in [2.05, 4.69) is 12.1 Å². The molecule has 24 heavy (non-hydrogen) atoms. The Morgan fingerprint density at radius 3 is 2.46 bits per heavy atom. The second-order valence-corrected chi connectivity index (χ2v) is 5.77. The van der Waals surface area contributed by atoms with E-state index in [1.54, 1.807) is 14.2 Å². The summed E-state index contributed by atoms with van der Waals surface area (Å²) in [4.78, 5) is 4.85. The third-order valence-electron chi connectivity index (χ3n) is 4.14. The van der Waals surface area contributed by atoms with Gasteiger partial charge in [-0.2, -0.15) is 0 Å². The second-order valence-electron chi connectivity index (χ2n) is 5.77. The van der Waals surface area contributed by atoms with Gasteiger partial charge in [-0.25, -0.2) is 0 Å². The average Bonchev–Trinajstić information content (AvgIpc) is 2.63. The van der Waals surface area contributed by atoms with Crippen LogP contribution in [0.2, 0.25) is 0 Å². The van der Waals surface area contributed by atoms with Crippen molar-refractivity contribution in [3.05, 3.63) is 53.6 Å². The molecule has 2 aromatic rings. The lowest BCUT2D eigenvalue weighted by Crippen LogP contribution is -2.12. The highest BCUT2D eigenvalue weighted by atomic mass is 16.5. The largest absolute Gasteiger partial charge is 0.497 e. The van der Waals surface area contributed by atoms with Gasteiger partial charge in [0.05, 0.1) is 19.4 Å². The monoisotopic (exact) mass is 325 g/mol. The third kappa shape index (κ3) is 3.95. The van der Waals surface area contributed by atoms with Crippen molar-refractivity contribution in [1.29, 1.82) is 0 Å². The van der Waals surface area contributed by atoms with Gasteiger partial charge in [0.15, 0.2) is 0 Å². The maximum Gasteiger partial charge on any atom is 0.120 e. The Morgan fingerprint density at radius 2 is 1.71 bits per heavy atom. The number of rotatable bonds is 6. The van der Waals surface area contributed by atoms with E-state index < -0.39 is 0 Å². The number of ether oxygens (including phenoxy) is 3. The SMILES string of the molecule is COCCOc1ccc2c(c1)/C(=N/c1ccc(OC)cc1)CCC2. The Hall–Kier alpha value is -2.33. The van der Waals surface area contributed by atoms with Crippen LogP contribution >= 0.6 is 0 Å². The van der Waals surface area contributed by atoms with Gasteiger partial charge in [0.25, 0.3) is 0 Å². The van der Waals surface area contributed by atoms with Crippen LogP contribution in [0.3, 0.4) is 0 Å². The van der Waals surface area contributed by atoms with Gasteiger partial charge in [0, 0.05) is 18.4 Å². The first-order chi connectivity index (χ1) is 11.8. The maximum absolute atomic E-state index is 5.74. The van der Waals surface area contributed by atoms with Crippen LogP contribution < -0.4 is 9.47 Å². The summed E-state index contributed by atoms with van der Waals surface area (Å²) in [6.45, 7) is 1.14. The van der Waals surface area contributed by atoms with Crippen LogP contribution in [0, 0.1) is 0 Å². The average molecular weight is 325 g/mol. The predicted molar refractivity (Wildman–Crippen MR) is 95.9 cm³/mol. The minimum atomic E-state index is 0.556. The summed E-state index contributed by atoms with van der Waals surface area (Å²) in [6.07, 6.45) is 3.21. The van der Waals surface area contributed by atoms with E-state index in [9.17, 15) is 0 Å². The van der Waals surface area contributed by atoms with Gasteiger partial charge in [-0.05, 0) is 61.2 Å². The van der Waals surface area contributed by atoms with Crippen molar-refractivity contribution in [2.45, 2.75) is 19.3 Å². The highest BCUT2D eigenvalue weighted by molar-refractivity contribution is 6.04. The number of methoxy groups -OCH3 is 2. The molecule has 0 heterocycles. The molecule has 3 rings (SSSR count). The van der Waals surface area contributed by atoms with Gasteiger partial charge in [-0.1, -0.05) is 6.07 Å². The minimum absolute atomic E-state index is 0.556. The van der Waals surface area contributed by atoms with Crippen LogP contribution in [0.25, 0.3) is 0 Å². The smallest absolute Gasteiger partial charge is 0.120 e. The molecular formula is C20H23NO3. The first kappa shape index (κ1) is 16.5. The van der Waals surface area contributed by atoms with E-state index in [1.165, 1.54) is 11.1 Å². The van der Waals surface area contributed by atoms with Gasteiger partial charge in [0.1, 0.15) is 18.1 Å². The number of hydrogen-bond donors (Lipinski definition) is 0. The fraction of sp³-hybridized carbons (Fsp3) is 0.350. The third-order valence-corrected chi connectivity index (χ3v) is 4.14. The zero-order valence-electron chi connectivity index (χ0n) is 14.2. The Bertz CT molecular complexity index is 707. The van der Waals surface area contributed by atoms with Crippen molar-refractivity contribution >= 4 is 11.4 Å². The number of aryl methyl sites for hydroxylation is 1. The van der Waals surface area contributed by atoms with Gasteiger partial charge in [-0.3, -0.25) is 4.99 Å². The molecule has 1 aliphatic rings. The normalized spacial score (nSPS) is 15.2. The van der Waals surface area contributed by atoms with E-state index in [1.807, 2.05) is 30.3 Å². The molecule has 4 heteroatoms. The van der Waals surface area contributed by atoms with Crippen molar-refractivity contribution in [1.82, 2.24) is 0 Å². The quantitative estimate of drug-likeness (QED) is 0.748. The zero-order chi connectivity index (χ0) is 16.8. The number of nitrogens with zero attached hydrogens (tertiary/aromatic N) is 1. The lowest BCUT2D eigenvalue weighted by Gasteiger charge is -2.19. The summed E-state index contributed by atoms with van der Waals surface area (Å²) in [5.74, 6) is 1.71. The Kier molecular flexibility index (Phi) is 5.49. The summed E-state index contributed by atoms with van der Waals surface area (Å²) in [6, 6.07) is 14.1. The fourth-order valence-electron chi connectivity index (χ4n) is 2.88. The lowest BCUT2D eigenvalue weighted by atomic mass is 9.90. The molecule has 0 aromatic heterocycles. The standard InChI is InChI=1S/C20H23NO3/c1-22-12-13-24-18-9-6-15-4-3-5-20(19(15)14-18)21-16-7-10-17(23-2)11-8-16/h6-11,14H,3-5,12-13H2,1-2H3/b21-20+. The molecule has 0 unspecified atom stereocenters. The minimum Gasteiger partial charge on any atom is -0.497 e. The number of hydrogen-bond acceptors (Lipinski definition) is 4. The highest BCUT2D eigenvalue weighted by Crippen LogP contribution is 2.28. The van der Waals surface area contributed by atoms with Crippen molar-refractivity contribution < 1.29 is 14.2 Å². The van der Waals surface area contributed by atoms with Gasteiger partial charge in [-0.15, -0.1) is 0 Å². The Balaban J connectivity index is 1.85. The molecule has 0 aliphatic heterocycles. The molecule has 0 bridgehead atoms. The van der Waals surface area contributed by atoms with Crippen molar-refractivity contribution in [3.63, 3.8) is 0 Å². The van der Waals surface area contributed by atoms with Crippen molar-refractivity contribution in [3.8, 4) is 11.5 Å². The van der Waals surface area contributed by atoms with Gasteiger partial charge < -0.3 is 14.2 Å². The molecule has 0 saturated carbocycles. The Morgan fingerprint density at radius 1 is 0.917 bits per heavy atom. The molecule has 0 spiro atoms. The topological polar surface area (TPSA) is 40.0 Å². The highest BCUT2D eigenvalue weighted by Gasteiger charge is 2.16.